The molecule has 2 nitrogen and oxygen atoms in total. The minimum atomic E-state index is 0.671. The molecule has 6 rings (SSSR count). The summed E-state index contributed by atoms with van der Waals surface area (Å²) in [6.07, 6.45) is 7.05. The van der Waals surface area contributed by atoms with Crippen LogP contribution in [0.3, 0.4) is 0 Å². The van der Waals surface area contributed by atoms with Crippen LogP contribution in [0.15, 0.2) is 60.8 Å². The van der Waals surface area contributed by atoms with E-state index in [2.05, 4.69) is 64.5 Å². The molecule has 3 aliphatic rings. The zero-order valence-corrected chi connectivity index (χ0v) is 14.6. The molecule has 1 saturated heterocycles. The molecule has 0 saturated carbocycles. The quantitative estimate of drug-likeness (QED) is 0.683. The Morgan fingerprint density at radius 1 is 0.880 bits per heavy atom. The van der Waals surface area contributed by atoms with Crippen LogP contribution in [0.25, 0.3) is 10.9 Å². The Kier molecular flexibility index (Phi) is 3.79. The lowest BCUT2D eigenvalue weighted by atomic mass is 9.80. The van der Waals surface area contributed by atoms with Crippen LogP contribution in [-0.2, 0) is 19.4 Å². The first-order valence-corrected chi connectivity index (χ1v) is 9.50. The molecule has 25 heavy (non-hydrogen) atoms. The Hall–Kier alpha value is -2.19. The summed E-state index contributed by atoms with van der Waals surface area (Å²) in [5.41, 5.74) is 5.69. The van der Waals surface area contributed by atoms with E-state index in [-0.39, 0.29) is 0 Å². The number of rotatable bonds is 2. The molecular weight excluding hydrogens is 304 g/mol. The van der Waals surface area contributed by atoms with Crippen molar-refractivity contribution in [3.8, 4) is 0 Å². The number of aromatic nitrogens is 1. The maximum absolute atomic E-state index is 4.53. The normalized spacial score (nSPS) is 23.2. The molecule has 0 N–H and O–H groups in total. The number of pyridine rings is 1. The summed E-state index contributed by atoms with van der Waals surface area (Å²) >= 11 is 0. The minimum Gasteiger partial charge on any atom is -0.295 e. The Bertz CT molecular complexity index is 896. The molecule has 2 bridgehead atoms. The molecule has 1 aliphatic carbocycles. The summed E-state index contributed by atoms with van der Waals surface area (Å²) in [5.74, 6) is 0.797. The van der Waals surface area contributed by atoms with Gasteiger partial charge in [-0.3, -0.25) is 9.88 Å². The average Bonchev–Trinajstić information content (AvgIpc) is 2.63. The van der Waals surface area contributed by atoms with Gasteiger partial charge in [0.1, 0.15) is 0 Å². The Labute approximate surface area is 149 Å². The van der Waals surface area contributed by atoms with Crippen molar-refractivity contribution >= 4 is 10.9 Å². The molecule has 1 fully saturated rings. The van der Waals surface area contributed by atoms with Crippen LogP contribution < -0.4 is 0 Å². The van der Waals surface area contributed by atoms with Gasteiger partial charge in [-0.15, -0.1) is 0 Å². The van der Waals surface area contributed by atoms with E-state index in [9.17, 15) is 0 Å². The standard InChI is InChI=1S/C23H24N2/c1-2-6-19-14-21-11-10-17(13-18(19)5-1)15-25(21)16-20-7-3-9-23-22(20)8-4-12-24-23/h1-9,12,17,21H,10-11,13-16H2/t17-,21+/m1/s1. The molecule has 2 atom stereocenters. The predicted octanol–water partition coefficient (Wildman–Crippen LogP) is 4.61. The van der Waals surface area contributed by atoms with Gasteiger partial charge in [0.2, 0.25) is 0 Å². The molecule has 2 aliphatic heterocycles. The van der Waals surface area contributed by atoms with E-state index >= 15 is 0 Å². The van der Waals surface area contributed by atoms with Crippen LogP contribution in [0.2, 0.25) is 0 Å². The highest BCUT2D eigenvalue weighted by Crippen LogP contribution is 2.33. The summed E-state index contributed by atoms with van der Waals surface area (Å²) in [5, 5.41) is 1.31. The summed E-state index contributed by atoms with van der Waals surface area (Å²) in [4.78, 5) is 7.27. The number of piperidine rings is 1. The Balaban J connectivity index is 1.47. The van der Waals surface area contributed by atoms with E-state index in [1.54, 1.807) is 11.1 Å². The minimum absolute atomic E-state index is 0.671. The van der Waals surface area contributed by atoms with Crippen molar-refractivity contribution in [3.63, 3.8) is 0 Å². The topological polar surface area (TPSA) is 16.1 Å². The third kappa shape index (κ3) is 2.85. The van der Waals surface area contributed by atoms with Crippen LogP contribution in [0.5, 0.6) is 0 Å². The SMILES string of the molecule is c1ccc2c(c1)C[C@H]1CC[C@@H](C2)N(Cc2cccc3ncccc23)C1. The van der Waals surface area contributed by atoms with Crippen molar-refractivity contribution in [2.75, 3.05) is 6.54 Å². The third-order valence-electron chi connectivity index (χ3n) is 6.11. The van der Waals surface area contributed by atoms with E-state index in [1.165, 1.54) is 43.2 Å². The van der Waals surface area contributed by atoms with Gasteiger partial charge in [-0.2, -0.15) is 0 Å². The van der Waals surface area contributed by atoms with Crippen LogP contribution >= 0.6 is 0 Å². The highest BCUT2D eigenvalue weighted by molar-refractivity contribution is 5.81. The Morgan fingerprint density at radius 2 is 1.76 bits per heavy atom. The molecule has 126 valence electrons. The van der Waals surface area contributed by atoms with Crippen molar-refractivity contribution in [1.29, 1.82) is 0 Å². The average molecular weight is 328 g/mol. The second-order valence-corrected chi connectivity index (χ2v) is 7.69. The third-order valence-corrected chi connectivity index (χ3v) is 6.11. The van der Waals surface area contributed by atoms with Crippen LogP contribution in [-0.4, -0.2) is 22.5 Å². The smallest absolute Gasteiger partial charge is 0.0705 e. The van der Waals surface area contributed by atoms with Gasteiger partial charge in [-0.1, -0.05) is 42.5 Å². The fraction of sp³-hybridized carbons (Fsp3) is 0.348. The maximum Gasteiger partial charge on any atom is 0.0705 e. The summed E-state index contributed by atoms with van der Waals surface area (Å²) in [7, 11) is 0. The second kappa shape index (κ2) is 6.27. The lowest BCUT2D eigenvalue weighted by molar-refractivity contribution is 0.0942. The lowest BCUT2D eigenvalue weighted by Gasteiger charge is -2.42. The second-order valence-electron chi connectivity index (χ2n) is 7.69. The van der Waals surface area contributed by atoms with Gasteiger partial charge in [0.25, 0.3) is 0 Å². The van der Waals surface area contributed by atoms with Gasteiger partial charge in [-0.05, 0) is 60.4 Å². The van der Waals surface area contributed by atoms with Gasteiger partial charge in [0.05, 0.1) is 5.52 Å². The van der Waals surface area contributed by atoms with Crippen LogP contribution in [0.4, 0.5) is 0 Å². The van der Waals surface area contributed by atoms with Crippen LogP contribution in [0.1, 0.15) is 29.5 Å². The van der Waals surface area contributed by atoms with Gasteiger partial charge in [-0.25, -0.2) is 0 Å². The van der Waals surface area contributed by atoms with E-state index < -0.39 is 0 Å². The highest BCUT2D eigenvalue weighted by Gasteiger charge is 2.31. The molecule has 0 radical (unpaired) electrons. The fourth-order valence-electron chi connectivity index (χ4n) is 4.82. The van der Waals surface area contributed by atoms with Gasteiger partial charge >= 0.3 is 0 Å². The van der Waals surface area contributed by atoms with Crippen molar-refractivity contribution in [2.24, 2.45) is 5.92 Å². The fourth-order valence-corrected chi connectivity index (χ4v) is 4.82. The summed E-state index contributed by atoms with van der Waals surface area (Å²) in [6, 6.07) is 20.6. The van der Waals surface area contributed by atoms with Crippen molar-refractivity contribution in [1.82, 2.24) is 9.88 Å². The van der Waals surface area contributed by atoms with Crippen molar-refractivity contribution in [2.45, 2.75) is 38.3 Å². The summed E-state index contributed by atoms with van der Waals surface area (Å²) < 4.78 is 0. The molecule has 0 amide bonds. The molecule has 3 aromatic rings. The van der Waals surface area contributed by atoms with Gasteiger partial charge < -0.3 is 0 Å². The lowest BCUT2D eigenvalue weighted by Crippen LogP contribution is -2.46. The number of hydrogen-bond donors (Lipinski definition) is 0. The molecule has 0 spiro atoms. The molecule has 1 aromatic heterocycles. The maximum atomic E-state index is 4.53. The highest BCUT2D eigenvalue weighted by atomic mass is 15.2. The molecule has 2 heteroatoms. The zero-order chi connectivity index (χ0) is 16.6. The number of nitrogens with zero attached hydrogens (tertiary/aromatic N) is 2. The monoisotopic (exact) mass is 328 g/mol. The molecule has 0 unspecified atom stereocenters. The van der Waals surface area contributed by atoms with E-state index in [0.717, 1.165) is 18.0 Å². The summed E-state index contributed by atoms with van der Waals surface area (Å²) in [6.45, 7) is 2.28. The zero-order valence-electron chi connectivity index (χ0n) is 14.6. The predicted molar refractivity (Wildman–Crippen MR) is 103 cm³/mol. The van der Waals surface area contributed by atoms with Gasteiger partial charge in [0, 0.05) is 30.7 Å². The number of hydrogen-bond acceptors (Lipinski definition) is 2. The van der Waals surface area contributed by atoms with Crippen molar-refractivity contribution in [3.05, 3.63) is 77.5 Å². The molecule has 3 heterocycles. The van der Waals surface area contributed by atoms with Gasteiger partial charge in [0.15, 0.2) is 0 Å². The first-order valence-electron chi connectivity index (χ1n) is 9.50. The Morgan fingerprint density at radius 3 is 2.68 bits per heavy atom. The number of benzene rings is 2. The van der Waals surface area contributed by atoms with E-state index in [0.29, 0.717) is 6.04 Å². The molecule has 2 aromatic carbocycles. The first kappa shape index (κ1) is 15.1. The number of fused-ring (bicyclic) bond motifs is 3. The van der Waals surface area contributed by atoms with Crippen LogP contribution in [0, 0.1) is 5.92 Å². The van der Waals surface area contributed by atoms with E-state index in [4.69, 9.17) is 0 Å². The first-order chi connectivity index (χ1) is 12.4. The van der Waals surface area contributed by atoms with E-state index in [1.807, 2.05) is 6.20 Å². The molecular formula is C23H24N2. The largest absolute Gasteiger partial charge is 0.295 e. The van der Waals surface area contributed by atoms with Crippen molar-refractivity contribution < 1.29 is 0 Å².